The maximum absolute atomic E-state index is 12.7. The summed E-state index contributed by atoms with van der Waals surface area (Å²) in [5, 5.41) is 11.6. The summed E-state index contributed by atoms with van der Waals surface area (Å²) in [4.78, 5) is 27.2. The Morgan fingerprint density at radius 3 is 2.35 bits per heavy atom. The van der Waals surface area contributed by atoms with Gasteiger partial charge < -0.3 is 4.90 Å². The lowest BCUT2D eigenvalue weighted by Crippen LogP contribution is -2.48. The molecule has 0 saturated carbocycles. The van der Waals surface area contributed by atoms with Crippen molar-refractivity contribution >= 4 is 23.2 Å². The molecule has 3 rings (SSSR count). The highest BCUT2D eigenvalue weighted by atomic mass is 35.5. The van der Waals surface area contributed by atoms with Gasteiger partial charge in [-0.2, -0.15) is 0 Å². The number of benzene rings is 2. The van der Waals surface area contributed by atoms with Gasteiger partial charge in [-0.15, -0.1) is 0 Å². The molecule has 1 amide bonds. The molecule has 1 fully saturated rings. The number of piperazine rings is 1. The molecule has 0 N–H and O–H groups in total. The molecule has 1 aliphatic rings. The van der Waals surface area contributed by atoms with E-state index in [-0.39, 0.29) is 11.6 Å². The average Bonchev–Trinajstić information content (AvgIpc) is 2.63. The van der Waals surface area contributed by atoms with Crippen LogP contribution in [-0.4, -0.2) is 46.8 Å². The van der Waals surface area contributed by atoms with Crippen molar-refractivity contribution in [2.75, 3.05) is 26.2 Å². The molecule has 2 aromatic rings. The van der Waals surface area contributed by atoms with E-state index in [4.69, 9.17) is 11.6 Å². The first-order valence-corrected chi connectivity index (χ1v) is 8.83. The van der Waals surface area contributed by atoms with E-state index in [9.17, 15) is 14.9 Å². The highest BCUT2D eigenvalue weighted by molar-refractivity contribution is 6.30. The van der Waals surface area contributed by atoms with E-state index < -0.39 is 4.92 Å². The van der Waals surface area contributed by atoms with Crippen LogP contribution < -0.4 is 0 Å². The molecule has 0 unspecified atom stereocenters. The van der Waals surface area contributed by atoms with E-state index in [0.717, 1.165) is 24.7 Å². The van der Waals surface area contributed by atoms with E-state index in [0.29, 0.717) is 24.2 Å². The van der Waals surface area contributed by atoms with E-state index in [2.05, 4.69) is 4.90 Å². The predicted octanol–water partition coefficient (Wildman–Crippen LogP) is 3.51. The first-order chi connectivity index (χ1) is 12.4. The summed E-state index contributed by atoms with van der Waals surface area (Å²) in [6.45, 7) is 5.35. The van der Waals surface area contributed by atoms with Gasteiger partial charge in [0.05, 0.1) is 4.92 Å². The standard InChI is InChI=1S/C19H20ClN3O3/c1-14-12-16(4-7-18(14)23(25)26)19(24)22-10-8-21(9-11-22)13-15-2-5-17(20)6-3-15/h2-7,12H,8-11,13H2,1H3. The molecule has 0 bridgehead atoms. The maximum atomic E-state index is 12.7. The van der Waals surface area contributed by atoms with Crippen molar-refractivity contribution in [3.63, 3.8) is 0 Å². The van der Waals surface area contributed by atoms with Gasteiger partial charge in [0.15, 0.2) is 0 Å². The van der Waals surface area contributed by atoms with E-state index in [1.54, 1.807) is 17.9 Å². The monoisotopic (exact) mass is 373 g/mol. The molecule has 1 saturated heterocycles. The summed E-state index contributed by atoms with van der Waals surface area (Å²) in [7, 11) is 0. The molecule has 0 radical (unpaired) electrons. The average molecular weight is 374 g/mol. The van der Waals surface area contributed by atoms with Crippen LogP contribution in [0.4, 0.5) is 5.69 Å². The lowest BCUT2D eigenvalue weighted by Gasteiger charge is -2.34. The van der Waals surface area contributed by atoms with E-state index in [1.165, 1.54) is 17.7 Å². The van der Waals surface area contributed by atoms with Crippen LogP contribution in [0.2, 0.25) is 5.02 Å². The molecule has 1 heterocycles. The maximum Gasteiger partial charge on any atom is 0.272 e. The number of nitro groups is 1. The van der Waals surface area contributed by atoms with Gasteiger partial charge >= 0.3 is 0 Å². The summed E-state index contributed by atoms with van der Waals surface area (Å²) in [5.41, 5.74) is 2.23. The highest BCUT2D eigenvalue weighted by Crippen LogP contribution is 2.20. The van der Waals surface area contributed by atoms with Crippen LogP contribution in [-0.2, 0) is 6.54 Å². The molecule has 0 atom stereocenters. The molecule has 7 heteroatoms. The third-order valence-electron chi connectivity index (χ3n) is 4.62. The Bertz CT molecular complexity index is 815. The fourth-order valence-electron chi connectivity index (χ4n) is 3.13. The van der Waals surface area contributed by atoms with Crippen LogP contribution in [0.1, 0.15) is 21.5 Å². The normalized spacial score (nSPS) is 15.1. The minimum absolute atomic E-state index is 0.0364. The predicted molar refractivity (Wildman–Crippen MR) is 100 cm³/mol. The minimum atomic E-state index is -0.431. The number of hydrogen-bond donors (Lipinski definition) is 0. The second-order valence-electron chi connectivity index (χ2n) is 6.45. The number of aryl methyl sites for hydroxylation is 1. The number of rotatable bonds is 4. The van der Waals surface area contributed by atoms with Crippen molar-refractivity contribution in [3.05, 3.63) is 74.3 Å². The zero-order valence-electron chi connectivity index (χ0n) is 14.5. The molecule has 6 nitrogen and oxygen atoms in total. The first-order valence-electron chi connectivity index (χ1n) is 8.45. The molecular weight excluding hydrogens is 354 g/mol. The molecule has 2 aromatic carbocycles. The second kappa shape index (κ2) is 7.85. The van der Waals surface area contributed by atoms with E-state index >= 15 is 0 Å². The van der Waals surface area contributed by atoms with E-state index in [1.807, 2.05) is 24.3 Å². The Morgan fingerprint density at radius 1 is 1.12 bits per heavy atom. The fourth-order valence-corrected chi connectivity index (χ4v) is 3.26. The van der Waals surface area contributed by atoms with Crippen LogP contribution >= 0.6 is 11.6 Å². The third-order valence-corrected chi connectivity index (χ3v) is 4.87. The lowest BCUT2D eigenvalue weighted by atomic mass is 10.1. The third kappa shape index (κ3) is 4.20. The van der Waals surface area contributed by atoms with Gasteiger partial charge in [-0.3, -0.25) is 19.8 Å². The van der Waals surface area contributed by atoms with Crippen LogP contribution in [0, 0.1) is 17.0 Å². The molecule has 1 aliphatic heterocycles. The van der Waals surface area contributed by atoms with Gasteiger partial charge in [-0.1, -0.05) is 23.7 Å². The van der Waals surface area contributed by atoms with Gasteiger partial charge in [0.1, 0.15) is 0 Å². The SMILES string of the molecule is Cc1cc(C(=O)N2CCN(Cc3ccc(Cl)cc3)CC2)ccc1[N+](=O)[O-]. The first kappa shape index (κ1) is 18.4. The number of halogens is 1. The molecule has 136 valence electrons. The van der Waals surface area contributed by atoms with Crippen molar-refractivity contribution in [3.8, 4) is 0 Å². The fraction of sp³-hybridized carbons (Fsp3) is 0.316. The summed E-state index contributed by atoms with van der Waals surface area (Å²) < 4.78 is 0. The lowest BCUT2D eigenvalue weighted by molar-refractivity contribution is -0.385. The van der Waals surface area contributed by atoms with Crippen molar-refractivity contribution in [1.29, 1.82) is 0 Å². The smallest absolute Gasteiger partial charge is 0.272 e. The minimum Gasteiger partial charge on any atom is -0.336 e. The summed E-state index contributed by atoms with van der Waals surface area (Å²) >= 11 is 5.91. The Balaban J connectivity index is 1.59. The molecule has 26 heavy (non-hydrogen) atoms. The quantitative estimate of drug-likeness (QED) is 0.607. The molecule has 0 aliphatic carbocycles. The zero-order chi connectivity index (χ0) is 18.7. The topological polar surface area (TPSA) is 66.7 Å². The Morgan fingerprint density at radius 2 is 1.77 bits per heavy atom. The van der Waals surface area contributed by atoms with Crippen LogP contribution in [0.5, 0.6) is 0 Å². The van der Waals surface area contributed by atoms with Gasteiger partial charge in [0.25, 0.3) is 11.6 Å². The summed E-state index contributed by atoms with van der Waals surface area (Å²) in [6, 6.07) is 12.3. The van der Waals surface area contributed by atoms with Crippen molar-refractivity contribution in [2.24, 2.45) is 0 Å². The summed E-state index contributed by atoms with van der Waals surface area (Å²) in [6.07, 6.45) is 0. The Kier molecular flexibility index (Phi) is 5.54. The van der Waals surface area contributed by atoms with Crippen LogP contribution in [0.3, 0.4) is 0 Å². The van der Waals surface area contributed by atoms with Crippen LogP contribution in [0.15, 0.2) is 42.5 Å². The molecule has 0 spiro atoms. The van der Waals surface area contributed by atoms with Gasteiger partial charge in [0.2, 0.25) is 0 Å². The zero-order valence-corrected chi connectivity index (χ0v) is 15.3. The Labute approximate surface area is 157 Å². The van der Waals surface area contributed by atoms with Gasteiger partial charge in [-0.05, 0) is 36.8 Å². The van der Waals surface area contributed by atoms with Crippen molar-refractivity contribution in [2.45, 2.75) is 13.5 Å². The van der Waals surface area contributed by atoms with Crippen LogP contribution in [0.25, 0.3) is 0 Å². The molecule has 0 aromatic heterocycles. The molecular formula is C19H20ClN3O3. The number of nitrogens with zero attached hydrogens (tertiary/aromatic N) is 3. The van der Waals surface area contributed by atoms with Crippen molar-refractivity contribution in [1.82, 2.24) is 9.80 Å². The van der Waals surface area contributed by atoms with Gasteiger partial charge in [-0.25, -0.2) is 0 Å². The highest BCUT2D eigenvalue weighted by Gasteiger charge is 2.23. The number of carbonyl (C=O) groups excluding carboxylic acids is 1. The number of carbonyl (C=O) groups is 1. The summed E-state index contributed by atoms with van der Waals surface area (Å²) in [5.74, 6) is -0.0749. The number of hydrogen-bond acceptors (Lipinski definition) is 4. The second-order valence-corrected chi connectivity index (χ2v) is 6.89. The number of amides is 1. The number of nitro benzene ring substituents is 1. The Hall–Kier alpha value is -2.44. The van der Waals surface area contributed by atoms with Gasteiger partial charge in [0, 0.05) is 54.9 Å². The largest absolute Gasteiger partial charge is 0.336 e. The van der Waals surface area contributed by atoms with Crippen molar-refractivity contribution < 1.29 is 9.72 Å².